The van der Waals surface area contributed by atoms with Gasteiger partial charge < -0.3 is 15.7 Å². The first-order valence-electron chi connectivity index (χ1n) is 13.4. The second-order valence-electron chi connectivity index (χ2n) is 10.7. The van der Waals surface area contributed by atoms with Crippen LogP contribution in [0.2, 0.25) is 0 Å². The number of benzene rings is 3. The minimum absolute atomic E-state index is 0.0709. The molecule has 0 saturated carbocycles. The van der Waals surface area contributed by atoms with Crippen LogP contribution < -0.4 is 5.73 Å². The molecular weight excluding hydrogens is 541 g/mol. The number of nitrogens with zero attached hydrogens (tertiary/aromatic N) is 2. The number of carbonyl (C=O) groups is 5. The molecule has 218 valence electrons. The van der Waals surface area contributed by atoms with E-state index in [1.165, 1.54) is 59.5 Å². The summed E-state index contributed by atoms with van der Waals surface area (Å²) in [5, 5.41) is 9.51. The number of carboxylic acid groups (broad SMARTS) is 1. The fourth-order valence-electron chi connectivity index (χ4n) is 5.57. The van der Waals surface area contributed by atoms with Crippen molar-refractivity contribution in [2.75, 3.05) is 33.7 Å². The molecule has 1 fully saturated rings. The summed E-state index contributed by atoms with van der Waals surface area (Å²) in [6.07, 6.45) is 0. The Hall–Kier alpha value is -4.70. The minimum Gasteiger partial charge on any atom is -0.478 e. The van der Waals surface area contributed by atoms with Crippen LogP contribution in [0.4, 0.5) is 4.39 Å². The van der Waals surface area contributed by atoms with Crippen LogP contribution in [0, 0.1) is 24.6 Å². The molecule has 0 bridgehead atoms. The van der Waals surface area contributed by atoms with Gasteiger partial charge >= 0.3 is 5.97 Å². The van der Waals surface area contributed by atoms with Crippen LogP contribution in [0.25, 0.3) is 0 Å². The number of amides is 2. The quantitative estimate of drug-likeness (QED) is 0.374. The van der Waals surface area contributed by atoms with Crippen molar-refractivity contribution >= 4 is 29.4 Å². The summed E-state index contributed by atoms with van der Waals surface area (Å²) in [5.41, 5.74) is 6.57. The van der Waals surface area contributed by atoms with Crippen molar-refractivity contribution in [1.82, 2.24) is 9.80 Å². The molecule has 1 heterocycles. The van der Waals surface area contributed by atoms with Gasteiger partial charge in [0.05, 0.1) is 12.1 Å². The number of likely N-dealkylation sites (N-methyl/N-ethyl adjacent to an activating group) is 1. The lowest BCUT2D eigenvalue weighted by atomic mass is 9.67. The Kier molecular flexibility index (Phi) is 8.96. The van der Waals surface area contributed by atoms with E-state index in [2.05, 4.69) is 0 Å². The van der Waals surface area contributed by atoms with Crippen LogP contribution in [0.1, 0.15) is 58.5 Å². The van der Waals surface area contributed by atoms with Crippen LogP contribution in [-0.4, -0.2) is 78.0 Å². The normalized spacial score (nSPS) is 18.7. The summed E-state index contributed by atoms with van der Waals surface area (Å²) in [5.74, 6) is -6.17. The van der Waals surface area contributed by atoms with E-state index in [0.717, 1.165) is 0 Å². The number of rotatable bonds is 9. The summed E-state index contributed by atoms with van der Waals surface area (Å²) in [6.45, 7) is 1.65. The Bertz CT molecular complexity index is 1490. The zero-order valence-corrected chi connectivity index (χ0v) is 23.5. The minimum atomic E-state index is -1.20. The fourth-order valence-corrected chi connectivity index (χ4v) is 5.57. The molecule has 0 aromatic heterocycles. The molecule has 0 radical (unpaired) electrons. The highest BCUT2D eigenvalue weighted by Gasteiger charge is 2.46. The molecule has 3 aromatic rings. The van der Waals surface area contributed by atoms with Crippen LogP contribution >= 0.6 is 0 Å². The van der Waals surface area contributed by atoms with Crippen LogP contribution in [0.3, 0.4) is 0 Å². The van der Waals surface area contributed by atoms with Gasteiger partial charge in [-0.2, -0.15) is 0 Å². The number of carboxylic acids is 1. The maximum atomic E-state index is 14.9. The second-order valence-corrected chi connectivity index (χ2v) is 10.7. The maximum Gasteiger partial charge on any atom is 0.335 e. The average molecular weight is 574 g/mol. The van der Waals surface area contributed by atoms with Gasteiger partial charge in [-0.15, -0.1) is 0 Å². The van der Waals surface area contributed by atoms with Gasteiger partial charge in [-0.1, -0.05) is 36.4 Å². The Balaban J connectivity index is 1.89. The molecule has 0 spiro atoms. The van der Waals surface area contributed by atoms with E-state index in [4.69, 9.17) is 5.73 Å². The van der Waals surface area contributed by atoms with E-state index < -0.39 is 47.0 Å². The third-order valence-electron chi connectivity index (χ3n) is 7.80. The number of hydrogen-bond donors (Lipinski definition) is 2. The highest BCUT2D eigenvalue weighted by atomic mass is 19.1. The lowest BCUT2D eigenvalue weighted by molar-refractivity contribution is -0.130. The standard InChI is InChI=1S/C32H32FN3O6/c1-18-23(11-6-12-26(18)33)28-24(29(38)19-7-4-9-21(13-19)31(34)40)15-36(17-27(37)35(2)3)16-25(28)30(39)20-8-5-10-22(14-20)32(41)42/h4-14,24-25,28H,15-17H2,1-3H3,(H2,34,40)(H,41,42)/t24-,25+,28+/m0/s1. The number of Topliss-reactive ketones (excluding diaryl/α,β-unsaturated/α-hetero) is 2. The van der Waals surface area contributed by atoms with Gasteiger partial charge in [0.1, 0.15) is 5.82 Å². The lowest BCUT2D eigenvalue weighted by Crippen LogP contribution is -2.52. The third-order valence-corrected chi connectivity index (χ3v) is 7.80. The molecule has 3 aromatic carbocycles. The van der Waals surface area contributed by atoms with Crippen molar-refractivity contribution in [2.24, 2.45) is 17.6 Å². The zero-order chi connectivity index (χ0) is 30.7. The first kappa shape index (κ1) is 30.3. The predicted octanol–water partition coefficient (Wildman–Crippen LogP) is 3.42. The Morgan fingerprint density at radius 3 is 1.88 bits per heavy atom. The van der Waals surface area contributed by atoms with Crippen molar-refractivity contribution in [1.29, 1.82) is 0 Å². The Labute approximate surface area is 242 Å². The molecule has 4 rings (SSSR count). The lowest BCUT2D eigenvalue weighted by Gasteiger charge is -2.43. The Morgan fingerprint density at radius 1 is 0.857 bits per heavy atom. The monoisotopic (exact) mass is 573 g/mol. The molecular formula is C32H32FN3O6. The van der Waals surface area contributed by atoms with Crippen LogP contribution in [0.5, 0.6) is 0 Å². The van der Waals surface area contributed by atoms with Crippen molar-refractivity contribution in [3.63, 3.8) is 0 Å². The number of primary amides is 1. The number of ketones is 2. The Morgan fingerprint density at radius 2 is 1.36 bits per heavy atom. The average Bonchev–Trinajstić information content (AvgIpc) is 2.97. The van der Waals surface area contributed by atoms with E-state index in [0.29, 0.717) is 5.56 Å². The van der Waals surface area contributed by atoms with Gasteiger partial charge in [-0.3, -0.25) is 24.1 Å². The number of halogens is 1. The van der Waals surface area contributed by atoms with Crippen molar-refractivity contribution in [3.05, 3.63) is 106 Å². The summed E-state index contributed by atoms with van der Waals surface area (Å²) < 4.78 is 14.9. The molecule has 2 amide bonds. The zero-order valence-electron chi connectivity index (χ0n) is 23.5. The number of likely N-dealkylation sites (tertiary alicyclic amines) is 1. The van der Waals surface area contributed by atoms with Crippen molar-refractivity contribution in [3.8, 4) is 0 Å². The molecule has 9 nitrogen and oxygen atoms in total. The third kappa shape index (κ3) is 6.28. The maximum absolute atomic E-state index is 14.9. The summed E-state index contributed by atoms with van der Waals surface area (Å²) in [6, 6.07) is 16.0. The van der Waals surface area contributed by atoms with E-state index in [1.807, 2.05) is 0 Å². The topological polar surface area (TPSA) is 138 Å². The van der Waals surface area contributed by atoms with Gasteiger partial charge in [0.25, 0.3) is 0 Å². The molecule has 3 N–H and O–H groups in total. The van der Waals surface area contributed by atoms with Gasteiger partial charge in [-0.05, 0) is 48.4 Å². The van der Waals surface area contributed by atoms with Gasteiger partial charge in [-0.25, -0.2) is 9.18 Å². The molecule has 1 saturated heterocycles. The number of piperidine rings is 1. The predicted molar refractivity (Wildman–Crippen MR) is 153 cm³/mol. The van der Waals surface area contributed by atoms with Gasteiger partial charge in [0.15, 0.2) is 11.6 Å². The fraction of sp³-hybridized carbons (Fsp3) is 0.281. The molecule has 1 aliphatic rings. The molecule has 42 heavy (non-hydrogen) atoms. The summed E-state index contributed by atoms with van der Waals surface area (Å²) in [7, 11) is 3.20. The number of hydrogen-bond acceptors (Lipinski definition) is 6. The molecule has 0 aliphatic carbocycles. The molecule has 10 heteroatoms. The van der Waals surface area contributed by atoms with Crippen LogP contribution in [-0.2, 0) is 4.79 Å². The number of nitrogens with two attached hydrogens (primary N) is 1. The highest BCUT2D eigenvalue weighted by Crippen LogP contribution is 2.42. The van der Waals surface area contributed by atoms with Gasteiger partial charge in [0.2, 0.25) is 11.8 Å². The van der Waals surface area contributed by atoms with Crippen molar-refractivity contribution < 1.29 is 33.5 Å². The first-order valence-corrected chi connectivity index (χ1v) is 13.4. The smallest absolute Gasteiger partial charge is 0.335 e. The number of carbonyl (C=O) groups excluding carboxylic acids is 4. The summed E-state index contributed by atoms with van der Waals surface area (Å²) in [4.78, 5) is 67.8. The highest BCUT2D eigenvalue weighted by molar-refractivity contribution is 6.04. The molecule has 3 atom stereocenters. The van der Waals surface area contributed by atoms with E-state index in [-0.39, 0.29) is 53.4 Å². The largest absolute Gasteiger partial charge is 0.478 e. The summed E-state index contributed by atoms with van der Waals surface area (Å²) >= 11 is 0. The van der Waals surface area contributed by atoms with E-state index >= 15 is 0 Å². The van der Waals surface area contributed by atoms with Crippen LogP contribution in [0.15, 0.2) is 66.7 Å². The molecule has 1 aliphatic heterocycles. The van der Waals surface area contributed by atoms with Gasteiger partial charge in [0, 0.05) is 61.6 Å². The second kappa shape index (κ2) is 12.4. The van der Waals surface area contributed by atoms with Crippen molar-refractivity contribution in [2.45, 2.75) is 12.8 Å². The first-order chi connectivity index (χ1) is 19.9. The van der Waals surface area contributed by atoms with E-state index in [9.17, 15) is 33.5 Å². The number of aromatic carboxylic acids is 1. The van der Waals surface area contributed by atoms with E-state index in [1.54, 1.807) is 38.1 Å². The SMILES string of the molecule is Cc1c(F)cccc1[C@@H]1[C@@H](C(=O)c2cccc(C(N)=O)c2)CN(CC(=O)N(C)C)C[C@H]1C(=O)c1cccc(C(=O)O)c1. The molecule has 0 unspecified atom stereocenters.